The first-order valence-electron chi connectivity index (χ1n) is 7.28. The zero-order valence-electron chi connectivity index (χ0n) is 11.6. The number of nitrogen functional groups attached to an aromatic ring is 1. The van der Waals surface area contributed by atoms with Crippen molar-refractivity contribution in [3.05, 3.63) is 17.1 Å². The molecule has 2 saturated heterocycles. The largest absolute Gasteiger partial charge is 0.397 e. The van der Waals surface area contributed by atoms with E-state index in [9.17, 15) is 4.79 Å². The highest BCUT2D eigenvalue weighted by atomic mass is 32.1. The quantitative estimate of drug-likeness (QED) is 0.872. The predicted molar refractivity (Wildman–Crippen MR) is 82.3 cm³/mol. The molecule has 6 nitrogen and oxygen atoms in total. The molecule has 4 heterocycles. The number of thiophene rings is 1. The molecule has 2 atom stereocenters. The fourth-order valence-electron chi connectivity index (χ4n) is 3.53. The first kappa shape index (κ1) is 13.0. The minimum atomic E-state index is -0.0748. The van der Waals surface area contributed by atoms with Crippen molar-refractivity contribution in [2.45, 2.75) is 31.3 Å². The Morgan fingerprint density at radius 3 is 3.19 bits per heavy atom. The summed E-state index contributed by atoms with van der Waals surface area (Å²) in [6.45, 7) is 2.25. The molecule has 1 amide bonds. The van der Waals surface area contributed by atoms with Crippen molar-refractivity contribution in [2.24, 2.45) is 0 Å². The Labute approximate surface area is 126 Å². The number of rotatable bonds is 2. The smallest absolute Gasteiger partial charge is 0.263 e. The van der Waals surface area contributed by atoms with E-state index in [1.807, 2.05) is 0 Å². The van der Waals surface area contributed by atoms with Crippen molar-refractivity contribution in [3.8, 4) is 0 Å². The van der Waals surface area contributed by atoms with E-state index in [4.69, 9.17) is 5.73 Å². The lowest BCUT2D eigenvalue weighted by Gasteiger charge is -2.21. The Balaban J connectivity index is 1.58. The average Bonchev–Trinajstić information content (AvgIpc) is 3.16. The van der Waals surface area contributed by atoms with E-state index in [1.54, 1.807) is 12.3 Å². The van der Waals surface area contributed by atoms with Crippen molar-refractivity contribution < 1.29 is 4.79 Å². The van der Waals surface area contributed by atoms with Crippen LogP contribution in [0.1, 0.15) is 28.9 Å². The van der Waals surface area contributed by atoms with Gasteiger partial charge in [-0.3, -0.25) is 9.69 Å². The van der Waals surface area contributed by atoms with Crippen LogP contribution in [0.2, 0.25) is 0 Å². The number of carbonyl (C=O) groups excluding carboxylic acids is 1. The van der Waals surface area contributed by atoms with Crippen LogP contribution in [0.3, 0.4) is 0 Å². The molecular formula is C14H17N5OS. The highest BCUT2D eigenvalue weighted by Gasteiger charge is 2.38. The maximum absolute atomic E-state index is 12.5. The molecule has 2 fully saturated rings. The number of nitrogens with two attached hydrogens (primary N) is 1. The van der Waals surface area contributed by atoms with Crippen LogP contribution >= 0.6 is 11.3 Å². The summed E-state index contributed by atoms with van der Waals surface area (Å²) in [6, 6.07) is 2.55. The van der Waals surface area contributed by atoms with E-state index in [2.05, 4.69) is 20.4 Å². The number of nitrogens with zero attached hydrogens (tertiary/aromatic N) is 3. The van der Waals surface area contributed by atoms with Crippen LogP contribution in [0, 0.1) is 0 Å². The highest BCUT2D eigenvalue weighted by molar-refractivity contribution is 7.21. The lowest BCUT2D eigenvalue weighted by atomic mass is 10.1. The van der Waals surface area contributed by atoms with Gasteiger partial charge < -0.3 is 11.1 Å². The lowest BCUT2D eigenvalue weighted by molar-refractivity contribution is 0.0934. The first-order chi connectivity index (χ1) is 10.2. The molecule has 110 valence electrons. The van der Waals surface area contributed by atoms with E-state index < -0.39 is 0 Å². The number of hydrogen-bond donors (Lipinski definition) is 2. The number of fused-ring (bicyclic) bond motifs is 2. The third-order valence-electron chi connectivity index (χ3n) is 4.55. The van der Waals surface area contributed by atoms with Crippen molar-refractivity contribution >= 4 is 33.1 Å². The molecule has 3 N–H and O–H groups in total. The van der Waals surface area contributed by atoms with E-state index in [0.29, 0.717) is 21.4 Å². The van der Waals surface area contributed by atoms with Gasteiger partial charge in [0.1, 0.15) is 9.71 Å². The van der Waals surface area contributed by atoms with Gasteiger partial charge in [0, 0.05) is 24.0 Å². The molecular weight excluding hydrogens is 286 g/mol. The van der Waals surface area contributed by atoms with Crippen LogP contribution in [-0.2, 0) is 0 Å². The molecule has 0 saturated carbocycles. The van der Waals surface area contributed by atoms with Crippen molar-refractivity contribution in [1.29, 1.82) is 0 Å². The van der Waals surface area contributed by atoms with Gasteiger partial charge in [-0.15, -0.1) is 16.4 Å². The minimum absolute atomic E-state index is 0.0748. The molecule has 0 radical (unpaired) electrons. The number of hydrogen-bond acceptors (Lipinski definition) is 6. The Morgan fingerprint density at radius 2 is 2.33 bits per heavy atom. The summed E-state index contributed by atoms with van der Waals surface area (Å²) in [5, 5.41) is 11.9. The van der Waals surface area contributed by atoms with Crippen LogP contribution in [-0.4, -0.2) is 46.2 Å². The number of anilines is 1. The van der Waals surface area contributed by atoms with Gasteiger partial charge in [0.25, 0.3) is 5.91 Å². The SMILES string of the molecule is Nc1c(C(=O)NC2CCN3CCCC23)sc2nnccc12. The zero-order chi connectivity index (χ0) is 14.4. The molecule has 7 heteroatoms. The number of amides is 1. The van der Waals surface area contributed by atoms with Gasteiger partial charge in [-0.05, 0) is 31.9 Å². The van der Waals surface area contributed by atoms with Crippen LogP contribution in [0.25, 0.3) is 10.2 Å². The summed E-state index contributed by atoms with van der Waals surface area (Å²) in [5.74, 6) is -0.0748. The zero-order valence-corrected chi connectivity index (χ0v) is 12.4. The van der Waals surface area contributed by atoms with Crippen molar-refractivity contribution in [2.75, 3.05) is 18.8 Å². The summed E-state index contributed by atoms with van der Waals surface area (Å²) in [6.07, 6.45) is 5.04. The van der Waals surface area contributed by atoms with Gasteiger partial charge in [-0.1, -0.05) is 0 Å². The number of aromatic nitrogens is 2. The fourth-order valence-corrected chi connectivity index (χ4v) is 4.47. The number of carbonyl (C=O) groups is 1. The third kappa shape index (κ3) is 2.08. The molecule has 21 heavy (non-hydrogen) atoms. The van der Waals surface area contributed by atoms with Crippen molar-refractivity contribution in [3.63, 3.8) is 0 Å². The third-order valence-corrected chi connectivity index (χ3v) is 5.65. The maximum Gasteiger partial charge on any atom is 0.263 e. The van der Waals surface area contributed by atoms with E-state index >= 15 is 0 Å². The minimum Gasteiger partial charge on any atom is -0.397 e. The second kappa shape index (κ2) is 4.92. The summed E-state index contributed by atoms with van der Waals surface area (Å²) in [5.41, 5.74) is 6.61. The molecule has 0 bridgehead atoms. The Morgan fingerprint density at radius 1 is 1.43 bits per heavy atom. The van der Waals surface area contributed by atoms with Gasteiger partial charge in [0.05, 0.1) is 11.9 Å². The van der Waals surface area contributed by atoms with Crippen LogP contribution < -0.4 is 11.1 Å². The molecule has 0 aromatic carbocycles. The second-order valence-electron chi connectivity index (χ2n) is 5.71. The van der Waals surface area contributed by atoms with E-state index in [0.717, 1.165) is 24.9 Å². The lowest BCUT2D eigenvalue weighted by Crippen LogP contribution is -2.42. The molecule has 2 aromatic rings. The van der Waals surface area contributed by atoms with Gasteiger partial charge >= 0.3 is 0 Å². The molecule has 0 aliphatic carbocycles. The highest BCUT2D eigenvalue weighted by Crippen LogP contribution is 2.33. The molecule has 4 rings (SSSR count). The van der Waals surface area contributed by atoms with Crippen LogP contribution in [0.15, 0.2) is 12.3 Å². The maximum atomic E-state index is 12.5. The predicted octanol–water partition coefficient (Wildman–Crippen LogP) is 1.24. The summed E-state index contributed by atoms with van der Waals surface area (Å²) < 4.78 is 0. The summed E-state index contributed by atoms with van der Waals surface area (Å²) in [7, 11) is 0. The van der Waals surface area contributed by atoms with Gasteiger partial charge in [-0.25, -0.2) is 0 Å². The Bertz CT molecular complexity index is 700. The number of nitrogens with one attached hydrogen (secondary N) is 1. The molecule has 2 aliphatic heterocycles. The van der Waals surface area contributed by atoms with Crippen LogP contribution in [0.4, 0.5) is 5.69 Å². The topological polar surface area (TPSA) is 84.1 Å². The van der Waals surface area contributed by atoms with Gasteiger partial charge in [0.15, 0.2) is 0 Å². The summed E-state index contributed by atoms with van der Waals surface area (Å²) >= 11 is 1.32. The van der Waals surface area contributed by atoms with E-state index in [1.165, 1.54) is 24.2 Å². The Hall–Kier alpha value is -1.73. The second-order valence-corrected chi connectivity index (χ2v) is 6.71. The summed E-state index contributed by atoms with van der Waals surface area (Å²) in [4.78, 5) is 16.3. The van der Waals surface area contributed by atoms with E-state index in [-0.39, 0.29) is 11.9 Å². The molecule has 0 spiro atoms. The fraction of sp³-hybridized carbons (Fsp3) is 0.500. The molecule has 2 aromatic heterocycles. The molecule has 2 unspecified atom stereocenters. The Kier molecular flexibility index (Phi) is 3.04. The first-order valence-corrected chi connectivity index (χ1v) is 8.10. The average molecular weight is 303 g/mol. The molecule has 2 aliphatic rings. The monoisotopic (exact) mass is 303 g/mol. The van der Waals surface area contributed by atoms with Crippen LogP contribution in [0.5, 0.6) is 0 Å². The standard InChI is InChI=1S/C14H17N5OS/c15-11-8-3-5-16-18-14(8)21-12(11)13(20)17-9-4-7-19-6-1-2-10(9)19/h3,5,9-10H,1-2,4,6-7,15H2,(H,17,20). The van der Waals surface area contributed by atoms with Crippen molar-refractivity contribution in [1.82, 2.24) is 20.4 Å². The normalized spacial score (nSPS) is 25.3. The van der Waals surface area contributed by atoms with Gasteiger partial charge in [-0.2, -0.15) is 5.10 Å². The van der Waals surface area contributed by atoms with Gasteiger partial charge in [0.2, 0.25) is 0 Å².